The van der Waals surface area contributed by atoms with Crippen LogP contribution in [0.1, 0.15) is 22.8 Å². The van der Waals surface area contributed by atoms with Gasteiger partial charge in [0.25, 0.3) is 0 Å². The number of methoxy groups -OCH3 is 1. The summed E-state index contributed by atoms with van der Waals surface area (Å²) in [5.41, 5.74) is 2.48. The van der Waals surface area contributed by atoms with E-state index in [9.17, 15) is 9.90 Å². The number of aliphatic carboxylic acids is 1. The molecule has 6 nitrogen and oxygen atoms in total. The highest BCUT2D eigenvalue weighted by molar-refractivity contribution is 5.84. The van der Waals surface area contributed by atoms with Crippen LogP contribution in [0.15, 0.2) is 60.4 Å². The van der Waals surface area contributed by atoms with Crippen molar-refractivity contribution in [3.63, 3.8) is 0 Å². The number of carbonyl (C=O) groups is 1. The Morgan fingerprint density at radius 1 is 1.22 bits per heavy atom. The molecule has 0 saturated heterocycles. The van der Waals surface area contributed by atoms with Crippen LogP contribution in [0.5, 0.6) is 5.75 Å². The molecule has 6 heteroatoms. The maximum Gasteiger partial charge on any atom is 0.371 e. The topological polar surface area (TPSA) is 88.8 Å². The molecule has 1 atom stereocenters. The van der Waals surface area contributed by atoms with Crippen LogP contribution in [0, 0.1) is 12.3 Å². The lowest BCUT2D eigenvalue weighted by Gasteiger charge is -2.16. The van der Waals surface area contributed by atoms with Crippen molar-refractivity contribution in [3.05, 3.63) is 77.1 Å². The van der Waals surface area contributed by atoms with Crippen molar-refractivity contribution in [1.29, 1.82) is 5.41 Å². The minimum Gasteiger partial charge on any atom is -0.475 e. The number of benzene rings is 2. The van der Waals surface area contributed by atoms with Gasteiger partial charge in [0.05, 0.1) is 13.2 Å². The molecule has 0 aromatic heterocycles. The van der Waals surface area contributed by atoms with Crippen molar-refractivity contribution in [2.75, 3.05) is 13.7 Å². The summed E-state index contributed by atoms with van der Waals surface area (Å²) in [5, 5.41) is 17.0. The molecular formula is C21H23NO5. The number of rotatable bonds is 10. The predicted octanol–water partition coefficient (Wildman–Crippen LogP) is 3.90. The van der Waals surface area contributed by atoms with Gasteiger partial charge in [0.2, 0.25) is 5.76 Å². The average Bonchev–Trinajstić information content (AvgIpc) is 2.68. The van der Waals surface area contributed by atoms with E-state index in [1.54, 1.807) is 6.07 Å². The Hall–Kier alpha value is -2.96. The Kier molecular flexibility index (Phi) is 7.73. The molecule has 0 radical (unpaired) electrons. The third kappa shape index (κ3) is 6.06. The van der Waals surface area contributed by atoms with Crippen LogP contribution < -0.4 is 4.74 Å². The molecule has 0 aliphatic rings. The molecule has 0 amide bonds. The monoisotopic (exact) mass is 369 g/mol. The molecule has 142 valence electrons. The zero-order valence-electron chi connectivity index (χ0n) is 15.3. The van der Waals surface area contributed by atoms with Gasteiger partial charge in [0.15, 0.2) is 0 Å². The third-order valence-corrected chi connectivity index (χ3v) is 3.83. The molecule has 0 aliphatic heterocycles. The fourth-order valence-electron chi connectivity index (χ4n) is 2.35. The second kappa shape index (κ2) is 10.3. The van der Waals surface area contributed by atoms with Gasteiger partial charge in [-0.05, 0) is 35.8 Å². The van der Waals surface area contributed by atoms with E-state index >= 15 is 0 Å². The highest BCUT2D eigenvalue weighted by Crippen LogP contribution is 2.27. The van der Waals surface area contributed by atoms with E-state index in [-0.39, 0.29) is 12.4 Å². The normalized spacial score (nSPS) is 12.4. The minimum atomic E-state index is -1.18. The quantitative estimate of drug-likeness (QED) is 0.377. The summed E-state index contributed by atoms with van der Waals surface area (Å²) in [4.78, 5) is 11.3. The number of nitrogens with one attached hydrogen (secondary N) is 1. The molecule has 2 N–H and O–H groups in total. The Labute approximate surface area is 158 Å². The number of hydrogen-bond acceptors (Lipinski definition) is 5. The molecule has 2 aromatic carbocycles. The molecule has 2 aromatic rings. The van der Waals surface area contributed by atoms with Gasteiger partial charge < -0.3 is 24.7 Å². The fourth-order valence-corrected chi connectivity index (χ4v) is 2.35. The molecule has 0 aliphatic carbocycles. The lowest BCUT2D eigenvalue weighted by molar-refractivity contribution is -0.135. The van der Waals surface area contributed by atoms with Gasteiger partial charge >= 0.3 is 5.97 Å². The summed E-state index contributed by atoms with van der Waals surface area (Å²) in [7, 11) is 1.47. The van der Waals surface area contributed by atoms with Gasteiger partial charge in [-0.2, -0.15) is 0 Å². The molecule has 2 rings (SSSR count). The van der Waals surface area contributed by atoms with E-state index in [4.69, 9.17) is 19.6 Å². The molecule has 1 unspecified atom stereocenters. The van der Waals surface area contributed by atoms with Crippen molar-refractivity contribution in [2.24, 2.45) is 0 Å². The van der Waals surface area contributed by atoms with E-state index in [1.165, 1.54) is 19.4 Å². The summed E-state index contributed by atoms with van der Waals surface area (Å²) < 4.78 is 16.3. The van der Waals surface area contributed by atoms with E-state index in [0.29, 0.717) is 17.9 Å². The van der Waals surface area contributed by atoms with E-state index in [1.807, 2.05) is 49.4 Å². The van der Waals surface area contributed by atoms with Crippen LogP contribution in [-0.4, -0.2) is 31.0 Å². The maximum absolute atomic E-state index is 11.3. The molecule has 0 bridgehead atoms. The average molecular weight is 369 g/mol. The van der Waals surface area contributed by atoms with E-state index < -0.39 is 12.1 Å². The van der Waals surface area contributed by atoms with Crippen molar-refractivity contribution < 1.29 is 24.1 Å². The van der Waals surface area contributed by atoms with Crippen molar-refractivity contribution in [1.82, 2.24) is 0 Å². The van der Waals surface area contributed by atoms with E-state index in [2.05, 4.69) is 0 Å². The SMILES string of the molecule is COCC=C(Oc1cc(C(C=N)OCc2ccccc2)ccc1C)C(=O)O. The molecular weight excluding hydrogens is 346 g/mol. The molecule has 0 saturated carbocycles. The second-order valence-corrected chi connectivity index (χ2v) is 5.84. The largest absolute Gasteiger partial charge is 0.475 e. The first-order valence-corrected chi connectivity index (χ1v) is 8.42. The highest BCUT2D eigenvalue weighted by Gasteiger charge is 2.15. The van der Waals surface area contributed by atoms with Crippen LogP contribution in [0.25, 0.3) is 0 Å². The van der Waals surface area contributed by atoms with Crippen LogP contribution in [0.2, 0.25) is 0 Å². The Balaban J connectivity index is 2.18. The zero-order chi connectivity index (χ0) is 19.6. The summed E-state index contributed by atoms with van der Waals surface area (Å²) >= 11 is 0. The lowest BCUT2D eigenvalue weighted by Crippen LogP contribution is -2.11. The first-order chi connectivity index (χ1) is 13.0. The van der Waals surface area contributed by atoms with Gasteiger partial charge in [-0.25, -0.2) is 4.79 Å². The third-order valence-electron chi connectivity index (χ3n) is 3.83. The molecule has 0 spiro atoms. The number of carboxylic acids is 1. The van der Waals surface area contributed by atoms with Gasteiger partial charge in [-0.3, -0.25) is 0 Å². The highest BCUT2D eigenvalue weighted by atomic mass is 16.5. The number of carboxylic acid groups (broad SMARTS) is 1. The second-order valence-electron chi connectivity index (χ2n) is 5.84. The summed E-state index contributed by atoms with van der Waals surface area (Å²) in [6.45, 7) is 2.31. The number of ether oxygens (including phenoxy) is 3. The minimum absolute atomic E-state index is 0.129. The number of aryl methyl sites for hydroxylation is 1. The van der Waals surface area contributed by atoms with Gasteiger partial charge in [-0.1, -0.05) is 42.5 Å². The lowest BCUT2D eigenvalue weighted by atomic mass is 10.1. The zero-order valence-corrected chi connectivity index (χ0v) is 15.3. The first kappa shape index (κ1) is 20.4. The van der Waals surface area contributed by atoms with Crippen molar-refractivity contribution in [2.45, 2.75) is 19.6 Å². The Morgan fingerprint density at radius 3 is 2.59 bits per heavy atom. The summed E-state index contributed by atoms with van der Waals surface area (Å²) in [6.07, 6.45) is 1.99. The predicted molar refractivity (Wildman–Crippen MR) is 102 cm³/mol. The summed E-state index contributed by atoms with van der Waals surface area (Å²) in [5.74, 6) is -0.998. The van der Waals surface area contributed by atoms with Crippen LogP contribution in [-0.2, 0) is 20.9 Å². The van der Waals surface area contributed by atoms with Crippen LogP contribution in [0.4, 0.5) is 0 Å². The first-order valence-electron chi connectivity index (χ1n) is 8.42. The standard InChI is InChI=1S/C21H23NO5/c1-15-8-9-17(12-19(15)27-18(21(23)24)10-11-25-2)20(13-22)26-14-16-6-4-3-5-7-16/h3-10,12-13,20,22H,11,14H2,1-2H3,(H,23,24). The van der Waals surface area contributed by atoms with Crippen LogP contribution >= 0.6 is 0 Å². The van der Waals surface area contributed by atoms with Crippen LogP contribution in [0.3, 0.4) is 0 Å². The van der Waals surface area contributed by atoms with Gasteiger partial charge in [0.1, 0.15) is 11.9 Å². The maximum atomic E-state index is 11.3. The fraction of sp³-hybridized carbons (Fsp3) is 0.238. The summed E-state index contributed by atoms with van der Waals surface area (Å²) in [6, 6.07) is 15.0. The molecule has 0 heterocycles. The van der Waals surface area contributed by atoms with Crippen molar-refractivity contribution in [3.8, 4) is 5.75 Å². The van der Waals surface area contributed by atoms with Gasteiger partial charge in [-0.15, -0.1) is 0 Å². The Morgan fingerprint density at radius 2 is 1.96 bits per heavy atom. The number of hydrogen-bond donors (Lipinski definition) is 2. The molecule has 0 fully saturated rings. The molecule has 27 heavy (non-hydrogen) atoms. The van der Waals surface area contributed by atoms with Gasteiger partial charge in [0, 0.05) is 13.3 Å². The smallest absolute Gasteiger partial charge is 0.371 e. The van der Waals surface area contributed by atoms with E-state index in [0.717, 1.165) is 11.1 Å². The van der Waals surface area contributed by atoms with Crippen molar-refractivity contribution >= 4 is 12.2 Å². The Bertz CT molecular complexity index is 801.